The standard InChI is InChI=1S/C20H31BClNO2/c1-4-6-13-21(14-7-5-2)23-18(16-24-3)20(25-19(23)15-22)17-11-9-8-10-12-17/h8-12,15,18,20H,4-7,13-14,16H2,1-3H3/b19-15+/t18-,20-/m0/s1. The number of ether oxygens (including phenoxy) is 2. The Kier molecular flexibility index (Phi) is 8.70. The first-order chi connectivity index (χ1) is 12.3. The smallest absolute Gasteiger partial charge is 0.258 e. The molecule has 25 heavy (non-hydrogen) atoms. The predicted molar refractivity (Wildman–Crippen MR) is 107 cm³/mol. The molecule has 0 bridgehead atoms. The first-order valence-electron chi connectivity index (χ1n) is 9.56. The zero-order valence-electron chi connectivity index (χ0n) is 15.8. The van der Waals surface area contributed by atoms with Gasteiger partial charge in [-0.05, 0) is 5.56 Å². The van der Waals surface area contributed by atoms with Gasteiger partial charge in [-0.2, -0.15) is 0 Å². The van der Waals surface area contributed by atoms with Crippen LogP contribution in [0.3, 0.4) is 0 Å². The molecule has 1 aliphatic rings. The lowest BCUT2D eigenvalue weighted by atomic mass is 9.52. The Morgan fingerprint density at radius 2 is 1.80 bits per heavy atom. The number of nitrogens with zero attached hydrogens (tertiary/aromatic N) is 1. The predicted octanol–water partition coefficient (Wildman–Crippen LogP) is 5.70. The molecule has 0 aliphatic carbocycles. The molecule has 1 heterocycles. The second kappa shape index (κ2) is 10.8. The van der Waals surface area contributed by atoms with Crippen LogP contribution < -0.4 is 0 Å². The van der Waals surface area contributed by atoms with Crippen molar-refractivity contribution in [2.45, 2.75) is 64.3 Å². The number of hydrogen-bond acceptors (Lipinski definition) is 3. The van der Waals surface area contributed by atoms with E-state index >= 15 is 0 Å². The number of hydrogen-bond donors (Lipinski definition) is 0. The van der Waals surface area contributed by atoms with Crippen molar-refractivity contribution in [2.75, 3.05) is 13.7 Å². The molecule has 1 fully saturated rings. The van der Waals surface area contributed by atoms with E-state index in [1.807, 2.05) is 6.07 Å². The molecule has 0 amide bonds. The molecule has 1 aromatic rings. The molecule has 0 saturated carbocycles. The zero-order valence-corrected chi connectivity index (χ0v) is 16.5. The van der Waals surface area contributed by atoms with E-state index in [1.165, 1.54) is 31.2 Å². The molecule has 3 nitrogen and oxygen atoms in total. The molecule has 2 atom stereocenters. The van der Waals surface area contributed by atoms with Crippen molar-refractivity contribution in [3.8, 4) is 0 Å². The SMILES string of the molecule is CCCCB(CCCC)N1/C(=C\Cl)O[C@@H](c2ccccc2)[C@@H]1COC. The van der Waals surface area contributed by atoms with Gasteiger partial charge in [0, 0.05) is 7.11 Å². The lowest BCUT2D eigenvalue weighted by Crippen LogP contribution is -2.45. The highest BCUT2D eigenvalue weighted by Gasteiger charge is 2.43. The summed E-state index contributed by atoms with van der Waals surface area (Å²) in [7, 11) is 1.76. The maximum atomic E-state index is 6.29. The van der Waals surface area contributed by atoms with Crippen LogP contribution in [0.5, 0.6) is 0 Å². The molecule has 0 aromatic heterocycles. The van der Waals surface area contributed by atoms with Crippen LogP contribution in [0.15, 0.2) is 41.8 Å². The van der Waals surface area contributed by atoms with E-state index in [4.69, 9.17) is 21.1 Å². The Bertz CT molecular complexity index is 518. The van der Waals surface area contributed by atoms with Crippen LogP contribution in [0.25, 0.3) is 0 Å². The van der Waals surface area contributed by atoms with Crippen molar-refractivity contribution in [3.63, 3.8) is 0 Å². The molecule has 0 radical (unpaired) electrons. The summed E-state index contributed by atoms with van der Waals surface area (Å²) in [6.07, 6.45) is 7.12. The van der Waals surface area contributed by atoms with Crippen molar-refractivity contribution in [3.05, 3.63) is 47.3 Å². The molecule has 1 saturated heterocycles. The summed E-state index contributed by atoms with van der Waals surface area (Å²) in [6.45, 7) is 5.56. The molecular weight excluding hydrogens is 332 g/mol. The van der Waals surface area contributed by atoms with E-state index in [-0.39, 0.29) is 12.1 Å². The Labute approximate surface area is 158 Å². The fourth-order valence-corrected chi connectivity index (χ4v) is 3.85. The Morgan fingerprint density at radius 3 is 2.32 bits per heavy atom. The number of unbranched alkanes of at least 4 members (excludes halogenated alkanes) is 2. The summed E-state index contributed by atoms with van der Waals surface area (Å²) in [5.41, 5.74) is 2.77. The average molecular weight is 364 g/mol. The second-order valence-corrected chi connectivity index (χ2v) is 6.98. The number of benzene rings is 1. The summed E-state index contributed by atoms with van der Waals surface area (Å²) in [5.74, 6) is 0.787. The fourth-order valence-electron chi connectivity index (χ4n) is 3.68. The average Bonchev–Trinajstić information content (AvgIpc) is 3.01. The number of halogens is 1. The molecule has 2 rings (SSSR count). The molecule has 1 aliphatic heterocycles. The lowest BCUT2D eigenvalue weighted by Gasteiger charge is -2.32. The minimum atomic E-state index is -0.0445. The third kappa shape index (κ3) is 5.18. The van der Waals surface area contributed by atoms with Crippen molar-refractivity contribution >= 4 is 18.4 Å². The van der Waals surface area contributed by atoms with Gasteiger partial charge in [0.1, 0.15) is 6.10 Å². The second-order valence-electron chi connectivity index (χ2n) is 6.76. The molecular formula is C20H31BClNO2. The Balaban J connectivity index is 2.30. The monoisotopic (exact) mass is 363 g/mol. The summed E-state index contributed by atoms with van der Waals surface area (Å²) >= 11 is 6.16. The number of methoxy groups -OCH3 is 1. The fraction of sp³-hybridized carbons (Fsp3) is 0.600. The highest BCUT2D eigenvalue weighted by molar-refractivity contribution is 6.56. The molecule has 1 aromatic carbocycles. The van der Waals surface area contributed by atoms with Gasteiger partial charge in [-0.3, -0.25) is 0 Å². The van der Waals surface area contributed by atoms with Crippen LogP contribution >= 0.6 is 11.6 Å². The van der Waals surface area contributed by atoms with Gasteiger partial charge < -0.3 is 14.3 Å². The van der Waals surface area contributed by atoms with E-state index in [2.05, 4.69) is 42.9 Å². The van der Waals surface area contributed by atoms with E-state index in [0.29, 0.717) is 13.5 Å². The minimum Gasteiger partial charge on any atom is -0.469 e. The van der Waals surface area contributed by atoms with Gasteiger partial charge >= 0.3 is 0 Å². The van der Waals surface area contributed by atoms with Crippen molar-refractivity contribution in [1.82, 2.24) is 4.81 Å². The van der Waals surface area contributed by atoms with Crippen LogP contribution in [-0.2, 0) is 9.47 Å². The van der Waals surface area contributed by atoms with Crippen LogP contribution in [0.2, 0.25) is 12.6 Å². The highest BCUT2D eigenvalue weighted by Crippen LogP contribution is 2.40. The quantitative estimate of drug-likeness (QED) is 0.497. The Hall–Kier alpha value is -1.13. The van der Waals surface area contributed by atoms with Gasteiger partial charge in [0.15, 0.2) is 5.88 Å². The molecule has 0 spiro atoms. The van der Waals surface area contributed by atoms with E-state index in [1.54, 1.807) is 12.6 Å². The summed E-state index contributed by atoms with van der Waals surface area (Å²) in [6, 6.07) is 10.5. The number of rotatable bonds is 10. The van der Waals surface area contributed by atoms with E-state index in [9.17, 15) is 0 Å². The normalized spacial score (nSPS) is 21.6. The maximum Gasteiger partial charge on any atom is 0.258 e. The zero-order chi connectivity index (χ0) is 18.1. The van der Waals surface area contributed by atoms with Crippen molar-refractivity contribution in [1.29, 1.82) is 0 Å². The molecule has 0 N–H and O–H groups in total. The lowest BCUT2D eigenvalue weighted by molar-refractivity contribution is 0.102. The van der Waals surface area contributed by atoms with E-state index < -0.39 is 0 Å². The van der Waals surface area contributed by atoms with Gasteiger partial charge in [-0.25, -0.2) is 0 Å². The van der Waals surface area contributed by atoms with Gasteiger partial charge in [-0.1, -0.05) is 94.1 Å². The highest BCUT2D eigenvalue weighted by atomic mass is 35.5. The maximum absolute atomic E-state index is 6.29. The van der Waals surface area contributed by atoms with Crippen LogP contribution in [-0.4, -0.2) is 31.4 Å². The Morgan fingerprint density at radius 1 is 1.16 bits per heavy atom. The van der Waals surface area contributed by atoms with Gasteiger partial charge in [0.05, 0.1) is 18.2 Å². The van der Waals surface area contributed by atoms with Crippen molar-refractivity contribution < 1.29 is 9.47 Å². The van der Waals surface area contributed by atoms with E-state index in [0.717, 1.165) is 18.5 Å². The van der Waals surface area contributed by atoms with Crippen LogP contribution in [0.4, 0.5) is 0 Å². The first-order valence-corrected chi connectivity index (χ1v) is 9.99. The van der Waals surface area contributed by atoms with Gasteiger partial charge in [0.2, 0.25) is 0 Å². The molecule has 0 unspecified atom stereocenters. The summed E-state index contributed by atoms with van der Waals surface area (Å²) in [5, 5.41) is 0. The van der Waals surface area contributed by atoms with Gasteiger partial charge in [-0.15, -0.1) is 0 Å². The van der Waals surface area contributed by atoms with Crippen LogP contribution in [0, 0.1) is 0 Å². The minimum absolute atomic E-state index is 0.0445. The largest absolute Gasteiger partial charge is 0.469 e. The first kappa shape index (κ1) is 20.2. The molecule has 5 heteroatoms. The topological polar surface area (TPSA) is 21.7 Å². The molecule has 138 valence electrons. The van der Waals surface area contributed by atoms with Crippen LogP contribution in [0.1, 0.15) is 51.2 Å². The third-order valence-electron chi connectivity index (χ3n) is 4.94. The summed E-state index contributed by atoms with van der Waals surface area (Å²) in [4.78, 5) is 2.39. The summed E-state index contributed by atoms with van der Waals surface area (Å²) < 4.78 is 11.9. The van der Waals surface area contributed by atoms with Gasteiger partial charge in [0.25, 0.3) is 6.85 Å². The van der Waals surface area contributed by atoms with Crippen molar-refractivity contribution in [2.24, 2.45) is 0 Å². The third-order valence-corrected chi connectivity index (χ3v) is 5.13.